The molecule has 1 aromatic rings. The highest BCUT2D eigenvalue weighted by Gasteiger charge is 2.28. The molecule has 0 saturated heterocycles. The van der Waals surface area contributed by atoms with Gasteiger partial charge in [-0.2, -0.15) is 4.31 Å². The third kappa shape index (κ3) is 2.78. The summed E-state index contributed by atoms with van der Waals surface area (Å²) < 4.78 is 25.8. The van der Waals surface area contributed by atoms with Gasteiger partial charge in [-0.15, -0.1) is 0 Å². The molecule has 0 radical (unpaired) electrons. The van der Waals surface area contributed by atoms with Crippen molar-refractivity contribution in [2.75, 3.05) is 18.0 Å². The number of fused-ring (bicyclic) bond motifs is 1. The number of nitrogen functional groups attached to an aromatic ring is 1. The first kappa shape index (κ1) is 13.2. The molecule has 0 amide bonds. The molecule has 1 aliphatic heterocycles. The van der Waals surface area contributed by atoms with Crippen molar-refractivity contribution < 1.29 is 8.42 Å². The Morgan fingerprint density at radius 2 is 2.22 bits per heavy atom. The molecule has 0 aliphatic carbocycles. The second kappa shape index (κ2) is 4.81. The van der Waals surface area contributed by atoms with E-state index in [0.29, 0.717) is 19.5 Å². The molecule has 2 rings (SSSR count). The lowest BCUT2D eigenvalue weighted by molar-refractivity contribution is 0.381. The SMILES string of the molecule is CC(C)CS(=O)(=O)N1CCc2cnc(N)nc2C1. The van der Waals surface area contributed by atoms with Crippen molar-refractivity contribution in [2.45, 2.75) is 26.8 Å². The van der Waals surface area contributed by atoms with Crippen LogP contribution in [0.3, 0.4) is 0 Å². The number of nitrogens with two attached hydrogens (primary N) is 1. The summed E-state index contributed by atoms with van der Waals surface area (Å²) in [5.41, 5.74) is 7.24. The summed E-state index contributed by atoms with van der Waals surface area (Å²) in [4.78, 5) is 8.04. The normalized spacial score (nSPS) is 16.8. The zero-order valence-electron chi connectivity index (χ0n) is 10.6. The highest BCUT2D eigenvalue weighted by molar-refractivity contribution is 7.89. The first-order valence-electron chi connectivity index (χ1n) is 5.96. The number of hydrogen-bond acceptors (Lipinski definition) is 5. The third-order valence-corrected chi connectivity index (χ3v) is 5.05. The van der Waals surface area contributed by atoms with E-state index in [4.69, 9.17) is 5.73 Å². The van der Waals surface area contributed by atoms with Crippen LogP contribution in [0.2, 0.25) is 0 Å². The van der Waals surface area contributed by atoms with Crippen molar-refractivity contribution in [2.24, 2.45) is 5.92 Å². The van der Waals surface area contributed by atoms with E-state index >= 15 is 0 Å². The largest absolute Gasteiger partial charge is 0.368 e. The van der Waals surface area contributed by atoms with Gasteiger partial charge in [0.1, 0.15) is 0 Å². The van der Waals surface area contributed by atoms with Crippen molar-refractivity contribution in [3.05, 3.63) is 17.5 Å². The van der Waals surface area contributed by atoms with Crippen molar-refractivity contribution in [1.29, 1.82) is 0 Å². The Morgan fingerprint density at radius 3 is 2.89 bits per heavy atom. The van der Waals surface area contributed by atoms with Crippen LogP contribution < -0.4 is 5.73 Å². The van der Waals surface area contributed by atoms with Crippen molar-refractivity contribution in [3.63, 3.8) is 0 Å². The Bertz CT molecular complexity index is 542. The Morgan fingerprint density at radius 1 is 1.50 bits per heavy atom. The van der Waals surface area contributed by atoms with Crippen LogP contribution in [0.25, 0.3) is 0 Å². The molecule has 2 N–H and O–H groups in total. The van der Waals surface area contributed by atoms with Crippen LogP contribution >= 0.6 is 0 Å². The summed E-state index contributed by atoms with van der Waals surface area (Å²) in [5.74, 6) is 0.479. The van der Waals surface area contributed by atoms with Gasteiger partial charge in [-0.25, -0.2) is 18.4 Å². The average Bonchev–Trinajstić information content (AvgIpc) is 2.26. The highest BCUT2D eigenvalue weighted by Crippen LogP contribution is 2.20. The summed E-state index contributed by atoms with van der Waals surface area (Å²) in [6.45, 7) is 4.59. The molecular formula is C11H18N4O2S. The van der Waals surface area contributed by atoms with E-state index in [-0.39, 0.29) is 17.6 Å². The molecule has 0 spiro atoms. The van der Waals surface area contributed by atoms with Crippen LogP contribution in [0, 0.1) is 5.92 Å². The lowest BCUT2D eigenvalue weighted by Gasteiger charge is -2.27. The Labute approximate surface area is 107 Å². The molecule has 0 aromatic carbocycles. The van der Waals surface area contributed by atoms with E-state index in [0.717, 1.165) is 11.3 Å². The van der Waals surface area contributed by atoms with Gasteiger partial charge in [0.2, 0.25) is 16.0 Å². The summed E-state index contributed by atoms with van der Waals surface area (Å²) in [5, 5.41) is 0. The topological polar surface area (TPSA) is 89.2 Å². The maximum atomic E-state index is 12.1. The second-order valence-corrected chi connectivity index (χ2v) is 6.97. The Balaban J connectivity index is 2.21. The number of sulfonamides is 1. The van der Waals surface area contributed by atoms with Gasteiger partial charge in [-0.3, -0.25) is 0 Å². The monoisotopic (exact) mass is 270 g/mol. The number of aromatic nitrogens is 2. The van der Waals surface area contributed by atoms with Gasteiger partial charge in [0, 0.05) is 12.7 Å². The molecule has 100 valence electrons. The number of rotatable bonds is 3. The molecule has 7 heteroatoms. The van der Waals surface area contributed by atoms with E-state index in [9.17, 15) is 8.42 Å². The molecular weight excluding hydrogens is 252 g/mol. The Kier molecular flexibility index (Phi) is 3.54. The Hall–Kier alpha value is -1.21. The molecule has 6 nitrogen and oxygen atoms in total. The summed E-state index contributed by atoms with van der Waals surface area (Å²) >= 11 is 0. The smallest absolute Gasteiger partial charge is 0.220 e. The molecule has 0 saturated carbocycles. The van der Waals surface area contributed by atoms with Gasteiger partial charge in [0.05, 0.1) is 18.0 Å². The van der Waals surface area contributed by atoms with E-state index in [1.807, 2.05) is 13.8 Å². The molecule has 2 heterocycles. The predicted octanol–water partition coefficient (Wildman–Crippen LogP) is 0.403. The highest BCUT2D eigenvalue weighted by atomic mass is 32.2. The predicted molar refractivity (Wildman–Crippen MR) is 69.2 cm³/mol. The molecule has 0 atom stereocenters. The van der Waals surface area contributed by atoms with Crippen LogP contribution in [0.1, 0.15) is 25.1 Å². The maximum Gasteiger partial charge on any atom is 0.220 e. The number of nitrogens with zero attached hydrogens (tertiary/aromatic N) is 3. The molecule has 1 aromatic heterocycles. The minimum Gasteiger partial charge on any atom is -0.368 e. The second-order valence-electron chi connectivity index (χ2n) is 4.96. The van der Waals surface area contributed by atoms with Crippen LogP contribution in [0.15, 0.2) is 6.20 Å². The maximum absolute atomic E-state index is 12.1. The lowest BCUT2D eigenvalue weighted by atomic mass is 10.1. The van der Waals surface area contributed by atoms with Crippen LogP contribution in [0.4, 0.5) is 5.95 Å². The van der Waals surface area contributed by atoms with Gasteiger partial charge < -0.3 is 5.73 Å². The van der Waals surface area contributed by atoms with Crippen LogP contribution in [0.5, 0.6) is 0 Å². The summed E-state index contributed by atoms with van der Waals surface area (Å²) in [6.07, 6.45) is 2.33. The zero-order chi connectivity index (χ0) is 13.3. The van der Waals surface area contributed by atoms with Gasteiger partial charge in [0.25, 0.3) is 0 Å². The van der Waals surface area contributed by atoms with Gasteiger partial charge in [-0.1, -0.05) is 13.8 Å². The first-order chi connectivity index (χ1) is 8.38. The van der Waals surface area contributed by atoms with Crippen molar-refractivity contribution in [1.82, 2.24) is 14.3 Å². The molecule has 0 bridgehead atoms. The first-order valence-corrected chi connectivity index (χ1v) is 7.57. The fourth-order valence-electron chi connectivity index (χ4n) is 2.06. The molecule has 0 unspecified atom stereocenters. The van der Waals surface area contributed by atoms with Gasteiger partial charge in [-0.05, 0) is 17.9 Å². The third-order valence-electron chi connectivity index (χ3n) is 2.87. The van der Waals surface area contributed by atoms with Gasteiger partial charge >= 0.3 is 0 Å². The summed E-state index contributed by atoms with van der Waals surface area (Å²) in [7, 11) is -3.21. The van der Waals surface area contributed by atoms with Crippen LogP contribution in [-0.2, 0) is 23.0 Å². The number of hydrogen-bond donors (Lipinski definition) is 1. The fourth-order valence-corrected chi connectivity index (χ4v) is 3.80. The quantitative estimate of drug-likeness (QED) is 0.859. The van der Waals surface area contributed by atoms with E-state index in [2.05, 4.69) is 9.97 Å². The molecule has 18 heavy (non-hydrogen) atoms. The average molecular weight is 270 g/mol. The molecule has 1 aliphatic rings. The molecule has 0 fully saturated rings. The fraction of sp³-hybridized carbons (Fsp3) is 0.636. The minimum absolute atomic E-state index is 0.117. The number of anilines is 1. The lowest BCUT2D eigenvalue weighted by Crippen LogP contribution is -2.39. The van der Waals surface area contributed by atoms with E-state index in [1.54, 1.807) is 6.20 Å². The summed E-state index contributed by atoms with van der Waals surface area (Å²) in [6, 6.07) is 0. The van der Waals surface area contributed by atoms with Gasteiger partial charge in [0.15, 0.2) is 0 Å². The minimum atomic E-state index is -3.21. The van der Waals surface area contributed by atoms with E-state index in [1.165, 1.54) is 4.31 Å². The van der Waals surface area contributed by atoms with Crippen molar-refractivity contribution >= 4 is 16.0 Å². The van der Waals surface area contributed by atoms with Crippen molar-refractivity contribution in [3.8, 4) is 0 Å². The zero-order valence-corrected chi connectivity index (χ0v) is 11.4. The van der Waals surface area contributed by atoms with E-state index < -0.39 is 10.0 Å². The van der Waals surface area contributed by atoms with Crippen LogP contribution in [-0.4, -0.2) is 35.0 Å². The standard InChI is InChI=1S/C11H18N4O2S/c1-8(2)7-18(16,17)15-4-3-9-5-13-11(12)14-10(9)6-15/h5,8H,3-4,6-7H2,1-2H3,(H2,12,13,14).